The van der Waals surface area contributed by atoms with Crippen LogP contribution >= 0.6 is 0 Å². The summed E-state index contributed by atoms with van der Waals surface area (Å²) in [5.74, 6) is 1.39. The molecule has 0 radical (unpaired) electrons. The molecule has 0 aliphatic heterocycles. The van der Waals surface area contributed by atoms with E-state index in [4.69, 9.17) is 0 Å². The zero-order valence-electron chi connectivity index (χ0n) is 7.70. The van der Waals surface area contributed by atoms with Crippen molar-refractivity contribution in [2.45, 2.75) is 38.9 Å². The highest BCUT2D eigenvalue weighted by Gasteiger charge is 2.27. The lowest BCUT2D eigenvalue weighted by atomic mass is 10.3. The molecule has 0 saturated heterocycles. The lowest BCUT2D eigenvalue weighted by Crippen LogP contribution is -3.00. The number of halogens is 1. The van der Waals surface area contributed by atoms with E-state index in [0.29, 0.717) is 15.6 Å². The lowest BCUT2D eigenvalue weighted by Gasteiger charge is -2.17. The molecule has 1 atom stereocenters. The van der Waals surface area contributed by atoms with Crippen LogP contribution in [0.5, 0.6) is 0 Å². The molecule has 0 aliphatic rings. The first kappa shape index (κ1) is 13.7. The Morgan fingerprint density at radius 2 is 1.60 bits per heavy atom. The average molecular weight is 274 g/mol. The summed E-state index contributed by atoms with van der Waals surface area (Å²) in [6, 6.07) is 0. The van der Waals surface area contributed by atoms with Gasteiger partial charge in [0.25, 0.3) is 0 Å². The highest BCUT2D eigenvalue weighted by atomic mass is 127. The molecule has 0 bridgehead atoms. The Balaban J connectivity index is 0. The zero-order valence-corrected chi connectivity index (χ0v) is 10.7. The standard InChI is InChI=1S/C8H19S.HI/c1-6-7-9(5)8(2,3)4;/h6-7H2,1-5H3;1H/q+1;/p-1. The van der Waals surface area contributed by atoms with Crippen molar-refractivity contribution in [3.63, 3.8) is 0 Å². The largest absolute Gasteiger partial charge is 1.00 e. The highest BCUT2D eigenvalue weighted by molar-refractivity contribution is 7.97. The van der Waals surface area contributed by atoms with E-state index in [0.717, 1.165) is 0 Å². The van der Waals surface area contributed by atoms with Crippen molar-refractivity contribution in [2.24, 2.45) is 0 Å². The summed E-state index contributed by atoms with van der Waals surface area (Å²) in [5, 5.41) is 0. The van der Waals surface area contributed by atoms with Gasteiger partial charge in [-0.3, -0.25) is 0 Å². The molecular weight excluding hydrogens is 255 g/mol. The SMILES string of the molecule is CCC[S+](C)C(C)(C)C.[I-]. The summed E-state index contributed by atoms with van der Waals surface area (Å²) in [5.41, 5.74) is 0. The minimum Gasteiger partial charge on any atom is -1.00 e. The first-order chi connectivity index (χ1) is 3.98. The Morgan fingerprint density at radius 1 is 1.20 bits per heavy atom. The predicted molar refractivity (Wildman–Crippen MR) is 48.2 cm³/mol. The van der Waals surface area contributed by atoms with Crippen LogP contribution in [0.25, 0.3) is 0 Å². The molecule has 10 heavy (non-hydrogen) atoms. The maximum atomic E-state index is 2.36. The third kappa shape index (κ3) is 5.83. The van der Waals surface area contributed by atoms with Crippen LogP contribution in [0.2, 0.25) is 0 Å². The molecule has 0 spiro atoms. The van der Waals surface area contributed by atoms with Crippen LogP contribution in [0.3, 0.4) is 0 Å². The summed E-state index contributed by atoms with van der Waals surface area (Å²) in [4.78, 5) is 0. The van der Waals surface area contributed by atoms with E-state index in [2.05, 4.69) is 34.0 Å². The fraction of sp³-hybridized carbons (Fsp3) is 1.00. The van der Waals surface area contributed by atoms with Crippen molar-refractivity contribution in [1.29, 1.82) is 0 Å². The van der Waals surface area contributed by atoms with Gasteiger partial charge in [0.15, 0.2) is 0 Å². The van der Waals surface area contributed by atoms with E-state index in [1.807, 2.05) is 0 Å². The van der Waals surface area contributed by atoms with Crippen LogP contribution in [0.4, 0.5) is 0 Å². The Morgan fingerprint density at radius 3 is 1.70 bits per heavy atom. The van der Waals surface area contributed by atoms with Crippen molar-refractivity contribution < 1.29 is 24.0 Å². The molecule has 0 aromatic carbocycles. The van der Waals surface area contributed by atoms with Crippen molar-refractivity contribution >= 4 is 10.9 Å². The predicted octanol–water partition coefficient (Wildman–Crippen LogP) is -0.553. The van der Waals surface area contributed by atoms with Gasteiger partial charge in [0, 0.05) is 0 Å². The molecule has 0 N–H and O–H groups in total. The zero-order chi connectivity index (χ0) is 7.49. The van der Waals surface area contributed by atoms with Crippen LogP contribution < -0.4 is 24.0 Å². The van der Waals surface area contributed by atoms with E-state index in [9.17, 15) is 0 Å². The maximum Gasteiger partial charge on any atom is 0.119 e. The topological polar surface area (TPSA) is 0 Å². The smallest absolute Gasteiger partial charge is 0.119 e. The van der Waals surface area contributed by atoms with E-state index in [-0.39, 0.29) is 24.0 Å². The second-order valence-electron chi connectivity index (χ2n) is 3.45. The molecule has 0 rings (SSSR count). The van der Waals surface area contributed by atoms with Crippen LogP contribution in [0.15, 0.2) is 0 Å². The molecule has 0 saturated carbocycles. The molecule has 1 unspecified atom stereocenters. The molecule has 64 valence electrons. The fourth-order valence-electron chi connectivity index (χ4n) is 0.612. The molecule has 0 aromatic rings. The van der Waals surface area contributed by atoms with Gasteiger partial charge in [-0.05, 0) is 38.1 Å². The molecule has 0 aliphatic carbocycles. The van der Waals surface area contributed by atoms with Gasteiger partial charge in [-0.1, -0.05) is 6.92 Å². The Bertz CT molecular complexity index is 75.8. The Labute approximate surface area is 85.5 Å². The van der Waals surface area contributed by atoms with Gasteiger partial charge in [-0.15, -0.1) is 0 Å². The van der Waals surface area contributed by atoms with Crippen molar-refractivity contribution in [1.82, 2.24) is 0 Å². The monoisotopic (exact) mass is 274 g/mol. The summed E-state index contributed by atoms with van der Waals surface area (Å²) >= 11 is 0. The van der Waals surface area contributed by atoms with Crippen molar-refractivity contribution in [3.05, 3.63) is 0 Å². The molecule has 0 heterocycles. The van der Waals surface area contributed by atoms with E-state index in [1.54, 1.807) is 0 Å². The lowest BCUT2D eigenvalue weighted by molar-refractivity contribution is -0.00000241. The molecule has 0 nitrogen and oxygen atoms in total. The minimum absolute atomic E-state index is 0. The van der Waals surface area contributed by atoms with Gasteiger partial charge in [-0.25, -0.2) is 0 Å². The molecule has 0 amide bonds. The van der Waals surface area contributed by atoms with E-state index in [1.165, 1.54) is 12.2 Å². The number of rotatable bonds is 2. The van der Waals surface area contributed by atoms with Gasteiger partial charge in [0.1, 0.15) is 10.5 Å². The average Bonchev–Trinajstić information content (AvgIpc) is 1.64. The first-order valence-electron chi connectivity index (χ1n) is 3.61. The van der Waals surface area contributed by atoms with Crippen LogP contribution in [-0.2, 0) is 10.9 Å². The molecule has 0 fully saturated rings. The third-order valence-electron chi connectivity index (χ3n) is 1.56. The second-order valence-corrected chi connectivity index (χ2v) is 6.36. The number of hydrogen-bond donors (Lipinski definition) is 0. The fourth-order valence-corrected chi connectivity index (χ4v) is 1.84. The summed E-state index contributed by atoms with van der Waals surface area (Å²) in [6.45, 7) is 9.23. The molecule has 0 aromatic heterocycles. The van der Waals surface area contributed by atoms with Crippen LogP contribution in [-0.4, -0.2) is 16.8 Å². The first-order valence-corrected chi connectivity index (χ1v) is 5.41. The minimum atomic E-state index is 0. The Kier molecular flexibility index (Phi) is 7.78. The Hall–Kier alpha value is 1.08. The summed E-state index contributed by atoms with van der Waals surface area (Å²) in [7, 11) is 0.613. The second kappa shape index (κ2) is 5.70. The number of hydrogen-bond acceptors (Lipinski definition) is 0. The quantitative estimate of drug-likeness (QED) is 0.468. The molecular formula is C8H19IS. The normalized spacial score (nSPS) is 14.1. The van der Waals surface area contributed by atoms with Crippen molar-refractivity contribution in [3.8, 4) is 0 Å². The van der Waals surface area contributed by atoms with E-state index < -0.39 is 0 Å². The van der Waals surface area contributed by atoms with Crippen molar-refractivity contribution in [2.75, 3.05) is 12.0 Å². The maximum absolute atomic E-state index is 2.36. The van der Waals surface area contributed by atoms with Gasteiger partial charge >= 0.3 is 0 Å². The highest BCUT2D eigenvalue weighted by Crippen LogP contribution is 2.16. The van der Waals surface area contributed by atoms with Gasteiger partial charge in [0.05, 0.1) is 6.26 Å². The summed E-state index contributed by atoms with van der Waals surface area (Å²) < 4.78 is 0.538. The van der Waals surface area contributed by atoms with Gasteiger partial charge < -0.3 is 24.0 Å². The van der Waals surface area contributed by atoms with Gasteiger partial charge in [0.2, 0.25) is 0 Å². The van der Waals surface area contributed by atoms with Crippen LogP contribution in [0.1, 0.15) is 34.1 Å². The summed E-state index contributed by atoms with van der Waals surface area (Å²) in [6.07, 6.45) is 3.69. The molecule has 2 heteroatoms. The van der Waals surface area contributed by atoms with Crippen LogP contribution in [0, 0.1) is 0 Å². The van der Waals surface area contributed by atoms with Gasteiger partial charge in [-0.2, -0.15) is 0 Å². The third-order valence-corrected chi connectivity index (χ3v) is 4.67. The van der Waals surface area contributed by atoms with E-state index >= 15 is 0 Å².